The van der Waals surface area contributed by atoms with Gasteiger partial charge < -0.3 is 20.4 Å². The number of carboxylic acid groups (broad SMARTS) is 4. The van der Waals surface area contributed by atoms with Gasteiger partial charge >= 0.3 is 23.9 Å². The fourth-order valence-electron chi connectivity index (χ4n) is 1.95. The zero-order valence-electron chi connectivity index (χ0n) is 13.1. The zero-order valence-corrected chi connectivity index (χ0v) is 19.1. The molecule has 0 amide bonds. The average molecular weight is 357 g/mol. The minimum Gasteiger partial charge on any atom is -0.481 e. The van der Waals surface area contributed by atoms with Crippen LogP contribution in [0.25, 0.3) is 0 Å². The molecule has 4 N–H and O–H groups in total. The summed E-state index contributed by atoms with van der Waals surface area (Å²) in [6, 6.07) is -3.43. The summed E-state index contributed by atoms with van der Waals surface area (Å²) in [5, 5.41) is 35.7. The van der Waals surface area contributed by atoms with Crippen LogP contribution in [-0.4, -0.2) is 169 Å². The molecule has 10 nitrogen and oxygen atoms in total. The molecule has 2 unspecified atom stereocenters. The number of hydrogen-bond acceptors (Lipinski definition) is 6. The molecule has 3 radical (unpaired) electrons. The van der Waals surface area contributed by atoms with Crippen LogP contribution in [0.4, 0.5) is 0 Å². The van der Waals surface area contributed by atoms with Gasteiger partial charge in [-0.3, -0.25) is 24.3 Å². The molecule has 2 atom stereocenters. The van der Waals surface area contributed by atoms with Crippen molar-refractivity contribution < 1.29 is 39.6 Å². The van der Waals surface area contributed by atoms with Gasteiger partial charge in [-0.25, -0.2) is 4.79 Å². The van der Waals surface area contributed by atoms with Gasteiger partial charge in [0, 0.05) is 95.2 Å². The first-order chi connectivity index (χ1) is 9.25. The predicted molar refractivity (Wildman–Crippen MR) is 79.0 cm³/mol. The van der Waals surface area contributed by atoms with Gasteiger partial charge in [0.15, 0.2) is 6.04 Å². The average Bonchev–Trinajstić information content (AvgIpc) is 2.34. The van der Waals surface area contributed by atoms with Gasteiger partial charge in [-0.1, -0.05) is 0 Å². The van der Waals surface area contributed by atoms with Crippen molar-refractivity contribution in [1.82, 2.24) is 4.90 Å². The van der Waals surface area contributed by atoms with Crippen LogP contribution in [-0.2, 0) is 19.2 Å². The van der Waals surface area contributed by atoms with Crippen LogP contribution in [0, 0.1) is 0 Å². The summed E-state index contributed by atoms with van der Waals surface area (Å²) in [5.74, 6) is -6.14. The third-order valence-corrected chi connectivity index (χ3v) is 2.74. The summed E-state index contributed by atoms with van der Waals surface area (Å²) in [6.45, 7) is -0.271. The third-order valence-electron chi connectivity index (χ3n) is 2.74. The monoisotopic (exact) mass is 357 g/mol. The Morgan fingerprint density at radius 3 is 1.96 bits per heavy atom. The van der Waals surface area contributed by atoms with Crippen molar-refractivity contribution in [3.63, 3.8) is 0 Å². The number of aliphatic imine (C=N–C) groups is 1. The number of carboxylic acids is 4. The van der Waals surface area contributed by atoms with E-state index >= 15 is 0 Å². The molecule has 1 aliphatic heterocycles. The van der Waals surface area contributed by atoms with Crippen molar-refractivity contribution in [3.8, 4) is 0 Å². The molecule has 23 heavy (non-hydrogen) atoms. The van der Waals surface area contributed by atoms with Crippen LogP contribution >= 0.6 is 0 Å². The van der Waals surface area contributed by atoms with Crippen LogP contribution in [0.5, 0.6) is 0 Å². The smallest absolute Gasteiger partial charge is 0.352 e. The Morgan fingerprint density at radius 2 is 1.61 bits per heavy atom. The Kier molecular flexibility index (Phi) is 15.8. The van der Waals surface area contributed by atoms with Crippen molar-refractivity contribution in [2.45, 2.75) is 18.5 Å². The van der Waals surface area contributed by atoms with E-state index in [9.17, 15) is 19.2 Å². The SMILES string of the molecule is O=C(O)CC(C(=O)O)N1CCN=C(C(=O)O)C1C(=O)O.[Na].[Na].[Na]. The van der Waals surface area contributed by atoms with E-state index in [1.54, 1.807) is 0 Å². The molecule has 0 fully saturated rings. The van der Waals surface area contributed by atoms with Gasteiger partial charge in [0.25, 0.3) is 0 Å². The molecule has 0 aromatic heterocycles. The van der Waals surface area contributed by atoms with Crippen LogP contribution in [0.1, 0.15) is 6.42 Å². The van der Waals surface area contributed by atoms with Gasteiger partial charge in [0.2, 0.25) is 0 Å². The number of aliphatic carboxylic acids is 4. The number of carbonyl (C=O) groups is 4. The van der Waals surface area contributed by atoms with Crippen LogP contribution in [0.15, 0.2) is 4.99 Å². The number of rotatable bonds is 6. The van der Waals surface area contributed by atoms with Gasteiger partial charge in [-0.2, -0.15) is 0 Å². The van der Waals surface area contributed by atoms with E-state index in [1.165, 1.54) is 0 Å². The summed E-state index contributed by atoms with van der Waals surface area (Å²) in [4.78, 5) is 48.2. The van der Waals surface area contributed by atoms with Crippen LogP contribution in [0.3, 0.4) is 0 Å². The Balaban J connectivity index is -0.00000133. The number of nitrogens with zero attached hydrogens (tertiary/aromatic N) is 2. The minimum atomic E-state index is -1.79. The maximum absolute atomic E-state index is 11.2. The molecule has 13 heteroatoms. The Hall–Kier alpha value is 0.510. The minimum absolute atomic E-state index is 0. The predicted octanol–water partition coefficient (Wildman–Crippen LogP) is -2.93. The van der Waals surface area contributed by atoms with E-state index < -0.39 is 48.1 Å². The van der Waals surface area contributed by atoms with Gasteiger partial charge in [-0.05, 0) is 0 Å². The first kappa shape index (κ1) is 28.3. The fraction of sp³-hybridized carbons (Fsp3) is 0.500. The van der Waals surface area contributed by atoms with E-state index in [0.717, 1.165) is 4.90 Å². The van der Waals surface area contributed by atoms with Gasteiger partial charge in [-0.15, -0.1) is 0 Å². The molecule has 0 spiro atoms. The van der Waals surface area contributed by atoms with Crippen molar-refractivity contribution in [2.75, 3.05) is 13.1 Å². The molecule has 0 aliphatic carbocycles. The summed E-state index contributed by atoms with van der Waals surface area (Å²) in [6.07, 6.45) is -0.841. The second kappa shape index (κ2) is 12.8. The van der Waals surface area contributed by atoms with E-state index in [2.05, 4.69) is 4.99 Å². The topological polar surface area (TPSA) is 165 Å². The van der Waals surface area contributed by atoms with E-state index in [0.29, 0.717) is 0 Å². The first-order valence-corrected chi connectivity index (χ1v) is 5.46. The van der Waals surface area contributed by atoms with Crippen molar-refractivity contribution in [3.05, 3.63) is 0 Å². The summed E-state index contributed by atoms with van der Waals surface area (Å²) >= 11 is 0. The van der Waals surface area contributed by atoms with E-state index in [1.807, 2.05) is 0 Å². The quantitative estimate of drug-likeness (QED) is 0.364. The fourth-order valence-corrected chi connectivity index (χ4v) is 1.95. The second-order valence-corrected chi connectivity index (χ2v) is 4.00. The van der Waals surface area contributed by atoms with Crippen molar-refractivity contribution >= 4 is 118 Å². The van der Waals surface area contributed by atoms with E-state index in [-0.39, 0.29) is 102 Å². The maximum atomic E-state index is 11.2. The molecule has 1 aliphatic rings. The Labute approximate surface area is 197 Å². The molecule has 0 aromatic carbocycles. The molecular formula is C10H12N2Na3O8. The van der Waals surface area contributed by atoms with Crippen LogP contribution in [0.2, 0.25) is 0 Å². The normalized spacial score (nSPS) is 18.1. The Bertz CT molecular complexity index is 498. The largest absolute Gasteiger partial charge is 0.481 e. The molecule has 0 saturated heterocycles. The van der Waals surface area contributed by atoms with Gasteiger partial charge in [0.05, 0.1) is 13.0 Å². The molecular weight excluding hydrogens is 345 g/mol. The molecule has 1 rings (SSSR count). The maximum Gasteiger partial charge on any atom is 0.352 e. The molecule has 0 bridgehead atoms. The van der Waals surface area contributed by atoms with E-state index in [4.69, 9.17) is 20.4 Å². The Morgan fingerprint density at radius 1 is 1.09 bits per heavy atom. The molecule has 113 valence electrons. The molecule has 1 heterocycles. The van der Waals surface area contributed by atoms with Crippen molar-refractivity contribution in [1.29, 1.82) is 0 Å². The number of hydrogen-bond donors (Lipinski definition) is 4. The summed E-state index contributed by atoms with van der Waals surface area (Å²) in [5.41, 5.74) is -0.708. The third kappa shape index (κ3) is 7.95. The second-order valence-electron chi connectivity index (χ2n) is 4.00. The van der Waals surface area contributed by atoms with Crippen molar-refractivity contribution in [2.24, 2.45) is 4.99 Å². The molecule has 0 saturated carbocycles. The summed E-state index contributed by atoms with van der Waals surface area (Å²) < 4.78 is 0. The first-order valence-electron chi connectivity index (χ1n) is 5.46. The standard InChI is InChI=1S/C10H12N2O8.3Na/c13-5(14)3-4(8(15)16)12-2-1-11-6(9(17)18)7(12)10(19)20;;;/h4,7H,1-3H2,(H,13,14)(H,15,16)(H,17,18)(H,19,20);;;. The van der Waals surface area contributed by atoms with Gasteiger partial charge in [0.1, 0.15) is 11.8 Å². The summed E-state index contributed by atoms with van der Waals surface area (Å²) in [7, 11) is 0. The zero-order chi connectivity index (χ0) is 15.4. The van der Waals surface area contributed by atoms with Crippen LogP contribution < -0.4 is 0 Å². The molecule has 0 aromatic rings.